The predicted octanol–water partition coefficient (Wildman–Crippen LogP) is 2.17. The third-order valence-corrected chi connectivity index (χ3v) is 2.74. The SMILES string of the molecule is CCOC(=O)c1cnn(-c2ccc(C=O)c(C)c2)c1. The molecular weight excluding hydrogens is 244 g/mol. The number of esters is 1. The number of carbonyl (C=O) groups is 2. The van der Waals surface area contributed by atoms with E-state index in [0.29, 0.717) is 17.7 Å². The number of aromatic nitrogens is 2. The van der Waals surface area contributed by atoms with Crippen LogP contribution in [0.1, 0.15) is 33.2 Å². The van der Waals surface area contributed by atoms with E-state index < -0.39 is 5.97 Å². The van der Waals surface area contributed by atoms with Crippen molar-refractivity contribution in [3.63, 3.8) is 0 Å². The van der Waals surface area contributed by atoms with Crippen molar-refractivity contribution in [1.29, 1.82) is 0 Å². The van der Waals surface area contributed by atoms with E-state index in [1.807, 2.05) is 13.0 Å². The first-order chi connectivity index (χ1) is 9.15. The Bertz CT molecular complexity index is 617. The number of nitrogens with zero attached hydrogens (tertiary/aromatic N) is 2. The summed E-state index contributed by atoms with van der Waals surface area (Å²) in [5, 5.41) is 4.11. The number of rotatable bonds is 4. The lowest BCUT2D eigenvalue weighted by Gasteiger charge is -2.04. The maximum absolute atomic E-state index is 11.5. The number of aldehydes is 1. The second-order valence-corrected chi connectivity index (χ2v) is 4.05. The third kappa shape index (κ3) is 2.70. The molecule has 1 aromatic heterocycles. The quantitative estimate of drug-likeness (QED) is 0.623. The molecule has 0 unspecified atom stereocenters. The van der Waals surface area contributed by atoms with E-state index in [9.17, 15) is 9.59 Å². The van der Waals surface area contributed by atoms with Gasteiger partial charge in [-0.05, 0) is 37.6 Å². The fourth-order valence-electron chi connectivity index (χ4n) is 1.72. The summed E-state index contributed by atoms with van der Waals surface area (Å²) in [7, 11) is 0. The van der Waals surface area contributed by atoms with Gasteiger partial charge in [-0.2, -0.15) is 5.10 Å². The lowest BCUT2D eigenvalue weighted by Crippen LogP contribution is -2.03. The first-order valence-electron chi connectivity index (χ1n) is 5.93. The zero-order valence-electron chi connectivity index (χ0n) is 10.8. The van der Waals surface area contributed by atoms with Gasteiger partial charge in [0.25, 0.3) is 0 Å². The molecule has 2 aromatic rings. The van der Waals surface area contributed by atoms with Crippen LogP contribution in [0.3, 0.4) is 0 Å². The molecule has 1 heterocycles. The van der Waals surface area contributed by atoms with Gasteiger partial charge in [-0.25, -0.2) is 9.48 Å². The average molecular weight is 258 g/mol. The van der Waals surface area contributed by atoms with Crippen LogP contribution in [-0.4, -0.2) is 28.6 Å². The maximum atomic E-state index is 11.5. The molecule has 0 N–H and O–H groups in total. The summed E-state index contributed by atoms with van der Waals surface area (Å²) in [6, 6.07) is 5.34. The lowest BCUT2D eigenvalue weighted by molar-refractivity contribution is 0.0526. The second kappa shape index (κ2) is 5.48. The van der Waals surface area contributed by atoms with Crippen LogP contribution in [0.15, 0.2) is 30.6 Å². The molecule has 0 spiro atoms. The zero-order chi connectivity index (χ0) is 13.8. The summed E-state index contributed by atoms with van der Waals surface area (Å²) < 4.78 is 6.48. The predicted molar refractivity (Wildman–Crippen MR) is 69.6 cm³/mol. The summed E-state index contributed by atoms with van der Waals surface area (Å²) in [5.41, 5.74) is 2.69. The van der Waals surface area contributed by atoms with Gasteiger partial charge >= 0.3 is 5.97 Å². The van der Waals surface area contributed by atoms with Crippen molar-refractivity contribution in [3.8, 4) is 5.69 Å². The molecule has 1 aromatic carbocycles. The largest absolute Gasteiger partial charge is 0.462 e. The number of hydrogen-bond acceptors (Lipinski definition) is 4. The molecular formula is C14H14N2O3. The van der Waals surface area contributed by atoms with Crippen molar-refractivity contribution in [3.05, 3.63) is 47.3 Å². The molecule has 2 rings (SSSR count). The van der Waals surface area contributed by atoms with Gasteiger partial charge in [-0.15, -0.1) is 0 Å². The highest BCUT2D eigenvalue weighted by molar-refractivity contribution is 5.88. The average Bonchev–Trinajstić information content (AvgIpc) is 2.88. The number of aryl methyl sites for hydroxylation is 1. The Morgan fingerprint density at radius 3 is 2.89 bits per heavy atom. The van der Waals surface area contributed by atoms with Crippen LogP contribution in [0, 0.1) is 6.92 Å². The number of hydrogen-bond donors (Lipinski definition) is 0. The minimum atomic E-state index is -0.394. The molecule has 0 saturated heterocycles. The van der Waals surface area contributed by atoms with Crippen molar-refractivity contribution in [2.75, 3.05) is 6.61 Å². The molecule has 0 aliphatic carbocycles. The zero-order valence-corrected chi connectivity index (χ0v) is 10.8. The summed E-state index contributed by atoms with van der Waals surface area (Å²) >= 11 is 0. The smallest absolute Gasteiger partial charge is 0.341 e. The van der Waals surface area contributed by atoms with Crippen LogP contribution < -0.4 is 0 Å². The number of ether oxygens (including phenoxy) is 1. The fourth-order valence-corrected chi connectivity index (χ4v) is 1.72. The standard InChI is InChI=1S/C14H14N2O3/c1-3-19-14(18)12-7-15-16(8-12)13-5-4-11(9-17)10(2)6-13/h4-9H,3H2,1-2H3. The monoisotopic (exact) mass is 258 g/mol. The van der Waals surface area contributed by atoms with Crippen LogP contribution in [-0.2, 0) is 4.74 Å². The van der Waals surface area contributed by atoms with Crippen LogP contribution in [0.25, 0.3) is 5.69 Å². The van der Waals surface area contributed by atoms with E-state index in [1.165, 1.54) is 6.20 Å². The molecule has 98 valence electrons. The van der Waals surface area contributed by atoms with Crippen molar-refractivity contribution in [1.82, 2.24) is 9.78 Å². The Balaban J connectivity index is 2.30. The molecule has 5 heteroatoms. The van der Waals surface area contributed by atoms with Gasteiger partial charge in [0, 0.05) is 11.8 Å². The van der Waals surface area contributed by atoms with E-state index in [4.69, 9.17) is 4.74 Å². The molecule has 0 bridgehead atoms. The van der Waals surface area contributed by atoms with Crippen molar-refractivity contribution in [2.45, 2.75) is 13.8 Å². The van der Waals surface area contributed by atoms with Gasteiger partial charge in [0.2, 0.25) is 0 Å². The normalized spacial score (nSPS) is 10.2. The van der Waals surface area contributed by atoms with Gasteiger partial charge < -0.3 is 4.74 Å². The molecule has 0 fully saturated rings. The lowest BCUT2D eigenvalue weighted by atomic mass is 10.1. The molecule has 0 saturated carbocycles. The van der Waals surface area contributed by atoms with E-state index in [1.54, 1.807) is 29.9 Å². The van der Waals surface area contributed by atoms with E-state index in [0.717, 1.165) is 17.5 Å². The minimum absolute atomic E-state index is 0.331. The molecule has 0 aliphatic rings. The van der Waals surface area contributed by atoms with Crippen LogP contribution in [0.4, 0.5) is 0 Å². The second-order valence-electron chi connectivity index (χ2n) is 4.05. The Morgan fingerprint density at radius 2 is 2.26 bits per heavy atom. The highest BCUT2D eigenvalue weighted by atomic mass is 16.5. The number of benzene rings is 1. The fraction of sp³-hybridized carbons (Fsp3) is 0.214. The van der Waals surface area contributed by atoms with Crippen molar-refractivity contribution < 1.29 is 14.3 Å². The van der Waals surface area contributed by atoms with Gasteiger partial charge in [0.1, 0.15) is 6.29 Å². The summed E-state index contributed by atoms with van der Waals surface area (Å²) in [4.78, 5) is 22.3. The van der Waals surface area contributed by atoms with Gasteiger partial charge in [0.05, 0.1) is 24.1 Å². The molecule has 0 atom stereocenters. The van der Waals surface area contributed by atoms with E-state index in [2.05, 4.69) is 5.10 Å². The Kier molecular flexibility index (Phi) is 3.75. The van der Waals surface area contributed by atoms with Gasteiger partial charge in [-0.3, -0.25) is 4.79 Å². The molecule has 0 amide bonds. The molecule has 0 radical (unpaired) electrons. The van der Waals surface area contributed by atoms with Crippen molar-refractivity contribution in [2.24, 2.45) is 0 Å². The Morgan fingerprint density at radius 1 is 1.47 bits per heavy atom. The molecule has 5 nitrogen and oxygen atoms in total. The topological polar surface area (TPSA) is 61.2 Å². The van der Waals surface area contributed by atoms with Crippen LogP contribution in [0.2, 0.25) is 0 Å². The van der Waals surface area contributed by atoms with Gasteiger partial charge in [-0.1, -0.05) is 0 Å². The Labute approximate surface area is 110 Å². The first kappa shape index (κ1) is 13.0. The van der Waals surface area contributed by atoms with Crippen LogP contribution in [0.5, 0.6) is 0 Å². The maximum Gasteiger partial charge on any atom is 0.341 e. The minimum Gasteiger partial charge on any atom is -0.462 e. The summed E-state index contributed by atoms with van der Waals surface area (Å²) in [6.45, 7) is 3.93. The van der Waals surface area contributed by atoms with E-state index >= 15 is 0 Å². The first-order valence-corrected chi connectivity index (χ1v) is 5.93. The molecule has 0 aliphatic heterocycles. The van der Waals surface area contributed by atoms with Crippen LogP contribution >= 0.6 is 0 Å². The Hall–Kier alpha value is -2.43. The van der Waals surface area contributed by atoms with Gasteiger partial charge in [0.15, 0.2) is 0 Å². The highest BCUT2D eigenvalue weighted by Gasteiger charge is 2.10. The van der Waals surface area contributed by atoms with E-state index in [-0.39, 0.29) is 0 Å². The highest BCUT2D eigenvalue weighted by Crippen LogP contribution is 2.14. The summed E-state index contributed by atoms with van der Waals surface area (Å²) in [6.07, 6.45) is 3.88. The number of carbonyl (C=O) groups excluding carboxylic acids is 2. The van der Waals surface area contributed by atoms with Crippen molar-refractivity contribution >= 4 is 12.3 Å². The molecule has 19 heavy (non-hydrogen) atoms. The third-order valence-electron chi connectivity index (χ3n) is 2.74. The summed E-state index contributed by atoms with van der Waals surface area (Å²) in [5.74, 6) is -0.394.